The van der Waals surface area contributed by atoms with E-state index in [1.807, 2.05) is 54.6 Å². The van der Waals surface area contributed by atoms with E-state index in [2.05, 4.69) is 4.90 Å². The number of carbonyl (C=O) groups excluding carboxylic acids is 1. The number of nitrogens with zero attached hydrogens (tertiary/aromatic N) is 2. The van der Waals surface area contributed by atoms with Crippen molar-refractivity contribution in [3.63, 3.8) is 0 Å². The first-order chi connectivity index (χ1) is 10.6. The molecule has 0 radical (unpaired) electrons. The monoisotopic (exact) mass is 298 g/mol. The maximum absolute atomic E-state index is 12.1. The molecular formula is C18H22N2O2. The smallest absolute Gasteiger partial charge is 0.253 e. The van der Waals surface area contributed by atoms with E-state index < -0.39 is 0 Å². The molecule has 0 saturated carbocycles. The minimum Gasteiger partial charge on any atom is -0.395 e. The van der Waals surface area contributed by atoms with Crippen molar-refractivity contribution >= 4 is 11.6 Å². The van der Waals surface area contributed by atoms with Crippen molar-refractivity contribution in [2.24, 2.45) is 0 Å². The lowest BCUT2D eigenvalue weighted by molar-refractivity contribution is 0.0827. The van der Waals surface area contributed by atoms with E-state index in [0.29, 0.717) is 18.7 Å². The lowest BCUT2D eigenvalue weighted by Crippen LogP contribution is -2.26. The van der Waals surface area contributed by atoms with Crippen LogP contribution in [0.5, 0.6) is 0 Å². The van der Waals surface area contributed by atoms with Gasteiger partial charge in [-0.1, -0.05) is 30.3 Å². The van der Waals surface area contributed by atoms with E-state index in [4.69, 9.17) is 0 Å². The molecule has 4 nitrogen and oxygen atoms in total. The minimum atomic E-state index is -0.00438. The van der Waals surface area contributed by atoms with Gasteiger partial charge in [-0.2, -0.15) is 0 Å². The molecule has 0 unspecified atom stereocenters. The number of carbonyl (C=O) groups is 1. The highest BCUT2D eigenvalue weighted by atomic mass is 16.3. The highest BCUT2D eigenvalue weighted by Gasteiger charge is 2.11. The Morgan fingerprint density at radius 3 is 2.41 bits per heavy atom. The number of rotatable bonds is 6. The van der Waals surface area contributed by atoms with Gasteiger partial charge in [-0.25, -0.2) is 0 Å². The molecule has 4 heteroatoms. The quantitative estimate of drug-likeness (QED) is 0.890. The number of hydrogen-bond acceptors (Lipinski definition) is 3. The van der Waals surface area contributed by atoms with Crippen LogP contribution in [0, 0.1) is 0 Å². The Labute approximate surface area is 131 Å². The summed E-state index contributed by atoms with van der Waals surface area (Å²) in [5.41, 5.74) is 2.78. The van der Waals surface area contributed by atoms with Crippen LogP contribution in [0.25, 0.3) is 0 Å². The topological polar surface area (TPSA) is 43.8 Å². The Morgan fingerprint density at radius 2 is 1.77 bits per heavy atom. The van der Waals surface area contributed by atoms with Crippen molar-refractivity contribution in [2.45, 2.75) is 6.54 Å². The summed E-state index contributed by atoms with van der Waals surface area (Å²) in [6.45, 7) is 1.29. The summed E-state index contributed by atoms with van der Waals surface area (Å²) in [6, 6.07) is 17.6. The number of amides is 1. The third kappa shape index (κ3) is 4.09. The molecule has 2 aromatic carbocycles. The molecule has 0 aliphatic carbocycles. The van der Waals surface area contributed by atoms with E-state index in [1.54, 1.807) is 19.0 Å². The molecule has 2 aromatic rings. The first-order valence-corrected chi connectivity index (χ1v) is 7.33. The fourth-order valence-electron chi connectivity index (χ4n) is 2.34. The molecule has 116 valence electrons. The third-order valence-electron chi connectivity index (χ3n) is 3.44. The lowest BCUT2D eigenvalue weighted by Gasteiger charge is -2.24. The fourth-order valence-corrected chi connectivity index (χ4v) is 2.34. The Bertz CT molecular complexity index is 611. The number of para-hydroxylation sites is 1. The Kier molecular flexibility index (Phi) is 5.55. The molecule has 0 aromatic heterocycles. The molecule has 2 rings (SSSR count). The van der Waals surface area contributed by atoms with Crippen LogP contribution in [0.3, 0.4) is 0 Å². The van der Waals surface area contributed by atoms with Crippen LogP contribution in [-0.4, -0.2) is 43.2 Å². The Balaban J connectivity index is 2.20. The van der Waals surface area contributed by atoms with Gasteiger partial charge in [0.1, 0.15) is 0 Å². The summed E-state index contributed by atoms with van der Waals surface area (Å²) >= 11 is 0. The van der Waals surface area contributed by atoms with Crippen LogP contribution in [-0.2, 0) is 6.54 Å². The summed E-state index contributed by atoms with van der Waals surface area (Å²) in [5, 5.41) is 9.29. The van der Waals surface area contributed by atoms with Crippen LogP contribution in [0.2, 0.25) is 0 Å². The number of anilines is 1. The van der Waals surface area contributed by atoms with Crippen LogP contribution in [0.4, 0.5) is 5.69 Å². The first kappa shape index (κ1) is 16.0. The van der Waals surface area contributed by atoms with Gasteiger partial charge in [0.2, 0.25) is 0 Å². The number of aliphatic hydroxyl groups is 1. The van der Waals surface area contributed by atoms with Crippen LogP contribution in [0.1, 0.15) is 15.9 Å². The molecule has 0 bridgehead atoms. The molecular weight excluding hydrogens is 276 g/mol. The van der Waals surface area contributed by atoms with Gasteiger partial charge in [0.05, 0.1) is 6.61 Å². The Hall–Kier alpha value is -2.33. The van der Waals surface area contributed by atoms with Crippen molar-refractivity contribution < 1.29 is 9.90 Å². The molecule has 1 N–H and O–H groups in total. The van der Waals surface area contributed by atoms with E-state index in [-0.39, 0.29) is 12.5 Å². The van der Waals surface area contributed by atoms with Gasteiger partial charge in [0.15, 0.2) is 0 Å². The van der Waals surface area contributed by atoms with Crippen LogP contribution >= 0.6 is 0 Å². The zero-order chi connectivity index (χ0) is 15.9. The summed E-state index contributed by atoms with van der Waals surface area (Å²) in [5.74, 6) is -0.00438. The standard InChI is InChI=1S/C18H22N2O2/c1-19(2)18(22)16-8-6-7-15(13-16)14-20(11-12-21)17-9-4-3-5-10-17/h3-10,13,21H,11-12,14H2,1-2H3. The van der Waals surface area contributed by atoms with E-state index in [0.717, 1.165) is 11.3 Å². The lowest BCUT2D eigenvalue weighted by atomic mass is 10.1. The SMILES string of the molecule is CN(C)C(=O)c1cccc(CN(CCO)c2ccccc2)c1. The van der Waals surface area contributed by atoms with Gasteiger partial charge in [-0.15, -0.1) is 0 Å². The second-order valence-corrected chi connectivity index (χ2v) is 5.38. The van der Waals surface area contributed by atoms with E-state index in [1.165, 1.54) is 0 Å². The minimum absolute atomic E-state index is 0.00438. The second kappa shape index (κ2) is 7.61. The second-order valence-electron chi connectivity index (χ2n) is 5.38. The fraction of sp³-hybridized carbons (Fsp3) is 0.278. The molecule has 0 heterocycles. The molecule has 0 spiro atoms. The molecule has 0 saturated heterocycles. The van der Waals surface area contributed by atoms with Gasteiger partial charge in [0.25, 0.3) is 5.91 Å². The van der Waals surface area contributed by atoms with E-state index in [9.17, 15) is 9.90 Å². The molecule has 0 atom stereocenters. The summed E-state index contributed by atoms with van der Waals surface area (Å²) in [7, 11) is 3.49. The molecule has 0 aliphatic rings. The summed E-state index contributed by atoms with van der Waals surface area (Å²) in [4.78, 5) is 15.7. The van der Waals surface area contributed by atoms with Crippen LogP contribution < -0.4 is 4.90 Å². The van der Waals surface area contributed by atoms with Crippen molar-refractivity contribution in [3.05, 3.63) is 65.7 Å². The molecule has 0 fully saturated rings. The largest absolute Gasteiger partial charge is 0.395 e. The zero-order valence-corrected chi connectivity index (χ0v) is 13.1. The first-order valence-electron chi connectivity index (χ1n) is 7.33. The molecule has 0 aliphatic heterocycles. The number of hydrogen-bond donors (Lipinski definition) is 1. The number of benzene rings is 2. The van der Waals surface area contributed by atoms with Crippen molar-refractivity contribution in [1.29, 1.82) is 0 Å². The molecule has 22 heavy (non-hydrogen) atoms. The summed E-state index contributed by atoms with van der Waals surface area (Å²) < 4.78 is 0. The van der Waals surface area contributed by atoms with Gasteiger partial charge in [-0.05, 0) is 29.8 Å². The van der Waals surface area contributed by atoms with Gasteiger partial charge < -0.3 is 14.9 Å². The van der Waals surface area contributed by atoms with E-state index >= 15 is 0 Å². The Morgan fingerprint density at radius 1 is 1.05 bits per heavy atom. The maximum Gasteiger partial charge on any atom is 0.253 e. The van der Waals surface area contributed by atoms with Crippen molar-refractivity contribution in [3.8, 4) is 0 Å². The van der Waals surface area contributed by atoms with Gasteiger partial charge in [-0.3, -0.25) is 4.79 Å². The summed E-state index contributed by atoms with van der Waals surface area (Å²) in [6.07, 6.45) is 0. The van der Waals surface area contributed by atoms with Gasteiger partial charge >= 0.3 is 0 Å². The predicted octanol–water partition coefficient (Wildman–Crippen LogP) is 2.39. The third-order valence-corrected chi connectivity index (χ3v) is 3.44. The average molecular weight is 298 g/mol. The van der Waals surface area contributed by atoms with Crippen LogP contribution in [0.15, 0.2) is 54.6 Å². The average Bonchev–Trinajstić information content (AvgIpc) is 2.55. The zero-order valence-electron chi connectivity index (χ0n) is 13.1. The van der Waals surface area contributed by atoms with Gasteiger partial charge in [0, 0.05) is 38.4 Å². The number of aliphatic hydroxyl groups excluding tert-OH is 1. The van der Waals surface area contributed by atoms with Crippen molar-refractivity contribution in [1.82, 2.24) is 4.90 Å². The van der Waals surface area contributed by atoms with Crippen molar-refractivity contribution in [2.75, 3.05) is 32.1 Å². The normalized spacial score (nSPS) is 10.3. The maximum atomic E-state index is 12.1. The highest BCUT2D eigenvalue weighted by Crippen LogP contribution is 2.17. The highest BCUT2D eigenvalue weighted by molar-refractivity contribution is 5.94. The predicted molar refractivity (Wildman–Crippen MR) is 89.0 cm³/mol. The molecule has 1 amide bonds.